The molecule has 0 spiro atoms. The van der Waals surface area contributed by atoms with E-state index in [1.165, 1.54) is 12.8 Å². The SMILES string of the molecule is O=C(NCC1CC1)O[C@@H]1C[C@H]1c1ccc(NC(=O)c2ccccc2CCl)cc1. The standard InChI is InChI=1S/C22H23ClN2O3/c23-12-16-3-1-2-4-18(16)21(26)25-17-9-7-15(8-10-17)19-11-20(19)28-22(27)24-13-14-5-6-14/h1-4,7-10,14,19-20H,5-6,11-13H2,(H,24,27)(H,25,26)/t19-,20+/m0/s1. The van der Waals surface area contributed by atoms with Crippen LogP contribution in [0.5, 0.6) is 0 Å². The number of carbonyl (C=O) groups is 2. The van der Waals surface area contributed by atoms with Gasteiger partial charge < -0.3 is 15.4 Å². The molecular formula is C22H23ClN2O3. The summed E-state index contributed by atoms with van der Waals surface area (Å²) in [6, 6.07) is 15.0. The zero-order valence-corrected chi connectivity index (χ0v) is 16.2. The van der Waals surface area contributed by atoms with Gasteiger partial charge in [-0.2, -0.15) is 0 Å². The van der Waals surface area contributed by atoms with Gasteiger partial charge in [-0.1, -0.05) is 30.3 Å². The maximum Gasteiger partial charge on any atom is 0.407 e. The van der Waals surface area contributed by atoms with Crippen molar-refractivity contribution in [1.29, 1.82) is 0 Å². The summed E-state index contributed by atoms with van der Waals surface area (Å²) in [7, 11) is 0. The molecule has 0 bridgehead atoms. The number of alkyl halides is 1. The lowest BCUT2D eigenvalue weighted by Crippen LogP contribution is -2.27. The quantitative estimate of drug-likeness (QED) is 0.666. The maximum atomic E-state index is 12.5. The van der Waals surface area contributed by atoms with E-state index >= 15 is 0 Å². The summed E-state index contributed by atoms with van der Waals surface area (Å²) in [4.78, 5) is 24.3. The lowest BCUT2D eigenvalue weighted by molar-refractivity contribution is 0.102. The van der Waals surface area contributed by atoms with Crippen molar-refractivity contribution in [2.24, 2.45) is 5.92 Å². The molecule has 2 aromatic carbocycles. The predicted octanol–water partition coefficient (Wildman–Crippen LogP) is 4.67. The summed E-state index contributed by atoms with van der Waals surface area (Å²) in [6.45, 7) is 0.720. The van der Waals surface area contributed by atoms with E-state index in [4.69, 9.17) is 16.3 Å². The van der Waals surface area contributed by atoms with Gasteiger partial charge in [-0.05, 0) is 54.5 Å². The lowest BCUT2D eigenvalue weighted by Gasteiger charge is -2.09. The second-order valence-corrected chi connectivity index (χ2v) is 7.74. The molecule has 2 aliphatic rings. The highest BCUT2D eigenvalue weighted by Crippen LogP contribution is 2.43. The zero-order chi connectivity index (χ0) is 19.5. The van der Waals surface area contributed by atoms with Gasteiger partial charge in [0.15, 0.2) is 0 Å². The molecule has 2 atom stereocenters. The number of carbonyl (C=O) groups excluding carboxylic acids is 2. The van der Waals surface area contributed by atoms with Gasteiger partial charge >= 0.3 is 6.09 Å². The highest BCUT2D eigenvalue weighted by molar-refractivity contribution is 6.18. The van der Waals surface area contributed by atoms with Crippen LogP contribution in [0.1, 0.15) is 46.7 Å². The van der Waals surface area contributed by atoms with E-state index in [0.717, 1.165) is 29.8 Å². The molecule has 2 aromatic rings. The first-order valence-electron chi connectivity index (χ1n) is 9.63. The first kappa shape index (κ1) is 18.8. The van der Waals surface area contributed by atoms with Crippen LogP contribution in [0.15, 0.2) is 48.5 Å². The molecule has 2 aliphatic carbocycles. The van der Waals surface area contributed by atoms with Crippen LogP contribution in [0.2, 0.25) is 0 Å². The number of benzene rings is 2. The van der Waals surface area contributed by atoms with Crippen molar-refractivity contribution in [3.63, 3.8) is 0 Å². The van der Waals surface area contributed by atoms with E-state index in [2.05, 4.69) is 10.6 Å². The van der Waals surface area contributed by atoms with Gasteiger partial charge in [0, 0.05) is 29.6 Å². The Labute approximate surface area is 169 Å². The van der Waals surface area contributed by atoms with E-state index in [-0.39, 0.29) is 24.0 Å². The van der Waals surface area contributed by atoms with E-state index in [1.54, 1.807) is 6.07 Å². The number of hydrogen-bond acceptors (Lipinski definition) is 3. The number of halogens is 1. The lowest BCUT2D eigenvalue weighted by atomic mass is 10.1. The molecule has 6 heteroatoms. The fraction of sp³-hybridized carbons (Fsp3) is 0.364. The van der Waals surface area contributed by atoms with E-state index in [1.807, 2.05) is 42.5 Å². The highest BCUT2D eigenvalue weighted by Gasteiger charge is 2.42. The van der Waals surface area contributed by atoms with Crippen molar-refractivity contribution in [3.8, 4) is 0 Å². The third-order valence-corrected chi connectivity index (χ3v) is 5.51. The van der Waals surface area contributed by atoms with E-state index < -0.39 is 0 Å². The van der Waals surface area contributed by atoms with E-state index in [9.17, 15) is 9.59 Å². The number of amides is 2. The molecule has 0 saturated heterocycles. The summed E-state index contributed by atoms with van der Waals surface area (Å²) < 4.78 is 5.45. The molecular weight excluding hydrogens is 376 g/mol. The summed E-state index contributed by atoms with van der Waals surface area (Å²) in [6.07, 6.45) is 2.86. The van der Waals surface area contributed by atoms with Gasteiger partial charge in [0.25, 0.3) is 5.91 Å². The molecule has 0 aliphatic heterocycles. The Bertz CT molecular complexity index is 864. The van der Waals surface area contributed by atoms with Crippen molar-refractivity contribution in [2.75, 3.05) is 11.9 Å². The monoisotopic (exact) mass is 398 g/mol. The minimum Gasteiger partial charge on any atom is -0.446 e. The third-order valence-electron chi connectivity index (χ3n) is 5.22. The molecule has 4 rings (SSSR count). The van der Waals surface area contributed by atoms with Crippen molar-refractivity contribution >= 4 is 29.3 Å². The van der Waals surface area contributed by atoms with Crippen molar-refractivity contribution in [3.05, 3.63) is 65.2 Å². The fourth-order valence-electron chi connectivity index (χ4n) is 3.25. The van der Waals surface area contributed by atoms with Gasteiger partial charge in [0.05, 0.1) is 0 Å². The number of ether oxygens (including phenoxy) is 1. The molecule has 0 radical (unpaired) electrons. The topological polar surface area (TPSA) is 67.4 Å². The van der Waals surface area contributed by atoms with Crippen LogP contribution < -0.4 is 10.6 Å². The van der Waals surface area contributed by atoms with Crippen molar-refractivity contribution in [2.45, 2.75) is 37.2 Å². The second-order valence-electron chi connectivity index (χ2n) is 7.48. The van der Waals surface area contributed by atoms with E-state index in [0.29, 0.717) is 17.4 Å². The predicted molar refractivity (Wildman–Crippen MR) is 109 cm³/mol. The summed E-state index contributed by atoms with van der Waals surface area (Å²) in [5.41, 5.74) is 3.21. The molecule has 0 heterocycles. The van der Waals surface area contributed by atoms with Gasteiger partial charge in [-0.25, -0.2) is 4.79 Å². The average molecular weight is 399 g/mol. The third kappa shape index (κ3) is 4.65. The Balaban J connectivity index is 1.29. The number of hydrogen-bond donors (Lipinski definition) is 2. The Morgan fingerprint density at radius 2 is 1.82 bits per heavy atom. The molecule has 146 valence electrons. The smallest absolute Gasteiger partial charge is 0.407 e. The van der Waals surface area contributed by atoms with Crippen LogP contribution in [0.3, 0.4) is 0 Å². The van der Waals surface area contributed by atoms with Crippen molar-refractivity contribution in [1.82, 2.24) is 5.32 Å². The molecule has 0 unspecified atom stereocenters. The largest absolute Gasteiger partial charge is 0.446 e. The molecule has 2 fully saturated rings. The maximum absolute atomic E-state index is 12.5. The number of rotatable bonds is 7. The summed E-state index contributed by atoms with van der Waals surface area (Å²) in [5, 5.41) is 5.73. The molecule has 5 nitrogen and oxygen atoms in total. The van der Waals surface area contributed by atoms with Crippen molar-refractivity contribution < 1.29 is 14.3 Å². The normalized spacial score (nSPS) is 20.3. The molecule has 2 amide bonds. The summed E-state index contributed by atoms with van der Waals surface area (Å²) >= 11 is 5.91. The van der Waals surface area contributed by atoms with Gasteiger partial charge in [-0.3, -0.25) is 4.79 Å². The first-order valence-corrected chi connectivity index (χ1v) is 10.2. The second kappa shape index (κ2) is 8.23. The molecule has 2 N–H and O–H groups in total. The molecule has 28 heavy (non-hydrogen) atoms. The molecule has 0 aromatic heterocycles. The number of anilines is 1. The highest BCUT2D eigenvalue weighted by atomic mass is 35.5. The Morgan fingerprint density at radius 3 is 2.54 bits per heavy atom. The van der Waals surface area contributed by atoms with Crippen LogP contribution >= 0.6 is 11.6 Å². The number of nitrogens with one attached hydrogen (secondary N) is 2. The Morgan fingerprint density at radius 1 is 1.07 bits per heavy atom. The summed E-state index contributed by atoms with van der Waals surface area (Å²) in [5.74, 6) is 0.985. The Hall–Kier alpha value is -2.53. The minimum atomic E-state index is -0.318. The van der Waals surface area contributed by atoms with Crippen LogP contribution in [0.4, 0.5) is 10.5 Å². The average Bonchev–Trinajstić information content (AvgIpc) is 3.63. The molecule has 2 saturated carbocycles. The fourth-order valence-corrected chi connectivity index (χ4v) is 3.48. The zero-order valence-electron chi connectivity index (χ0n) is 15.5. The van der Waals surface area contributed by atoms with Crippen LogP contribution in [0, 0.1) is 5.92 Å². The van der Waals surface area contributed by atoms with Crippen LogP contribution in [-0.4, -0.2) is 24.6 Å². The Kier molecular flexibility index (Phi) is 5.53. The van der Waals surface area contributed by atoms with Gasteiger partial charge in [0.1, 0.15) is 6.10 Å². The van der Waals surface area contributed by atoms with Gasteiger partial charge in [-0.15, -0.1) is 11.6 Å². The first-order chi connectivity index (χ1) is 13.6. The minimum absolute atomic E-state index is 0.0600. The van der Waals surface area contributed by atoms with Crippen LogP contribution in [-0.2, 0) is 10.6 Å². The van der Waals surface area contributed by atoms with Crippen LogP contribution in [0.25, 0.3) is 0 Å². The number of alkyl carbamates (subject to hydrolysis) is 1. The van der Waals surface area contributed by atoms with Gasteiger partial charge in [0.2, 0.25) is 0 Å².